The number of halogens is 1. The predicted octanol–water partition coefficient (Wildman–Crippen LogP) is 4.60. The van der Waals surface area contributed by atoms with Crippen molar-refractivity contribution in [3.8, 4) is 23.2 Å². The van der Waals surface area contributed by atoms with E-state index in [-0.39, 0.29) is 23.9 Å². The van der Waals surface area contributed by atoms with Gasteiger partial charge in [-0.15, -0.1) is 0 Å². The van der Waals surface area contributed by atoms with Crippen molar-refractivity contribution in [3.05, 3.63) is 54.1 Å². The molecule has 1 aliphatic carbocycles. The van der Waals surface area contributed by atoms with Gasteiger partial charge < -0.3 is 10.1 Å². The zero-order valence-corrected chi connectivity index (χ0v) is 19.6. The molecule has 5 rings (SSSR count). The van der Waals surface area contributed by atoms with E-state index < -0.39 is 5.82 Å². The largest absolute Gasteiger partial charge is 0.472 e. The molecule has 0 bridgehead atoms. The molecule has 0 spiro atoms. The molecule has 0 saturated heterocycles. The number of hydrogen-bond acceptors (Lipinski definition) is 8. The van der Waals surface area contributed by atoms with E-state index in [1.807, 2.05) is 29.9 Å². The lowest BCUT2D eigenvalue weighted by Crippen LogP contribution is -2.27. The second kappa shape index (κ2) is 9.62. The van der Waals surface area contributed by atoms with E-state index in [1.165, 1.54) is 0 Å². The third-order valence-electron chi connectivity index (χ3n) is 6.29. The first-order chi connectivity index (χ1) is 17.1. The molecule has 0 aliphatic heterocycles. The zero-order chi connectivity index (χ0) is 24.4. The van der Waals surface area contributed by atoms with E-state index >= 15 is 0 Å². The maximum absolute atomic E-state index is 14.3. The molecule has 0 amide bonds. The summed E-state index contributed by atoms with van der Waals surface area (Å²) in [6.07, 6.45) is 9.71. The summed E-state index contributed by atoms with van der Waals surface area (Å²) in [4.78, 5) is 16.8. The third kappa shape index (κ3) is 4.49. The first-order valence-corrected chi connectivity index (χ1v) is 11.7. The molecule has 1 fully saturated rings. The molecule has 4 aromatic rings. The fraction of sp³-hybridized carbons (Fsp3) is 0.360. The summed E-state index contributed by atoms with van der Waals surface area (Å²) in [5.41, 5.74) is 2.94. The molecule has 9 nitrogen and oxygen atoms in total. The molecular formula is C25H25FN8O. The number of fused-ring (bicyclic) bond motifs is 1. The normalized spacial score (nSPS) is 17.8. The van der Waals surface area contributed by atoms with E-state index in [1.54, 1.807) is 31.6 Å². The highest BCUT2D eigenvalue weighted by Gasteiger charge is 2.28. The minimum atomic E-state index is -0.398. The summed E-state index contributed by atoms with van der Waals surface area (Å²) in [6.45, 7) is 4.49. The van der Waals surface area contributed by atoms with Crippen LogP contribution in [0.3, 0.4) is 0 Å². The Morgan fingerprint density at radius 2 is 1.91 bits per heavy atom. The van der Waals surface area contributed by atoms with Gasteiger partial charge in [0.2, 0.25) is 5.82 Å². The van der Waals surface area contributed by atoms with Crippen LogP contribution in [0.5, 0.6) is 5.88 Å². The average Bonchev–Trinajstić information content (AvgIpc) is 3.26. The van der Waals surface area contributed by atoms with Crippen LogP contribution in [-0.4, -0.2) is 42.4 Å². The standard InChI is InChI=1S/C25H25FN8O/c1-3-28-21-10-20-19(14-32-21)24(16-12-30-22(11-27)31-13-16)33-34(20)17-4-6-18(7-5-17)35-25-23(26)15(2)8-9-29-25/h8-10,12-14,17-18H,3-7H2,1-2H3,(H,28,32). The number of nitrogens with zero attached hydrogens (tertiary/aromatic N) is 7. The summed E-state index contributed by atoms with van der Waals surface area (Å²) in [5, 5.41) is 18.1. The van der Waals surface area contributed by atoms with Gasteiger partial charge in [0.15, 0.2) is 5.82 Å². The van der Waals surface area contributed by atoms with Crippen LogP contribution in [0, 0.1) is 24.1 Å². The summed E-state index contributed by atoms with van der Waals surface area (Å²) in [5.74, 6) is 0.567. The topological polar surface area (TPSA) is 114 Å². The zero-order valence-electron chi connectivity index (χ0n) is 19.6. The number of pyridine rings is 2. The van der Waals surface area contributed by atoms with Gasteiger partial charge in [0.05, 0.1) is 11.6 Å². The fourth-order valence-corrected chi connectivity index (χ4v) is 4.47. The van der Waals surface area contributed by atoms with Gasteiger partial charge in [-0.1, -0.05) is 0 Å². The molecule has 0 radical (unpaired) electrons. The van der Waals surface area contributed by atoms with Gasteiger partial charge in [-0.25, -0.2) is 24.3 Å². The van der Waals surface area contributed by atoms with E-state index in [0.717, 1.165) is 60.2 Å². The number of aryl methyl sites for hydroxylation is 1. The van der Waals surface area contributed by atoms with Crippen LogP contribution in [0.25, 0.3) is 22.2 Å². The van der Waals surface area contributed by atoms with Crippen molar-refractivity contribution in [1.29, 1.82) is 5.26 Å². The number of nitrogens with one attached hydrogen (secondary N) is 1. The van der Waals surface area contributed by atoms with Gasteiger partial charge in [-0.3, -0.25) is 4.68 Å². The van der Waals surface area contributed by atoms with Crippen molar-refractivity contribution in [2.45, 2.75) is 51.7 Å². The maximum Gasteiger partial charge on any atom is 0.250 e. The summed E-state index contributed by atoms with van der Waals surface area (Å²) >= 11 is 0. The lowest BCUT2D eigenvalue weighted by molar-refractivity contribution is 0.120. The molecule has 0 atom stereocenters. The molecule has 1 aliphatic rings. The van der Waals surface area contributed by atoms with Gasteiger partial charge in [-0.2, -0.15) is 10.4 Å². The van der Waals surface area contributed by atoms with Crippen LogP contribution in [0.4, 0.5) is 10.2 Å². The molecule has 10 heteroatoms. The van der Waals surface area contributed by atoms with Crippen LogP contribution in [0.15, 0.2) is 36.9 Å². The van der Waals surface area contributed by atoms with Crippen LogP contribution in [0.1, 0.15) is 50.0 Å². The average molecular weight is 473 g/mol. The number of rotatable bonds is 6. The van der Waals surface area contributed by atoms with Gasteiger partial charge in [0, 0.05) is 48.3 Å². The summed E-state index contributed by atoms with van der Waals surface area (Å²) in [6, 6.07) is 5.73. The number of nitriles is 1. The Labute approximate surface area is 202 Å². The minimum absolute atomic E-state index is 0.0717. The highest BCUT2D eigenvalue weighted by Crippen LogP contribution is 2.36. The maximum atomic E-state index is 14.3. The first kappa shape index (κ1) is 22.7. The van der Waals surface area contributed by atoms with Crippen molar-refractivity contribution in [2.24, 2.45) is 0 Å². The van der Waals surface area contributed by atoms with E-state index in [4.69, 9.17) is 15.1 Å². The molecular weight excluding hydrogens is 447 g/mol. The van der Waals surface area contributed by atoms with Crippen molar-refractivity contribution < 1.29 is 9.13 Å². The number of hydrogen-bond donors (Lipinski definition) is 1. The van der Waals surface area contributed by atoms with Crippen molar-refractivity contribution in [1.82, 2.24) is 29.7 Å². The summed E-state index contributed by atoms with van der Waals surface area (Å²) < 4.78 is 22.3. The van der Waals surface area contributed by atoms with Crippen LogP contribution >= 0.6 is 0 Å². The Kier molecular flexibility index (Phi) is 6.23. The summed E-state index contributed by atoms with van der Waals surface area (Å²) in [7, 11) is 0. The highest BCUT2D eigenvalue weighted by molar-refractivity contribution is 5.93. The Morgan fingerprint density at radius 1 is 1.14 bits per heavy atom. The number of aromatic nitrogens is 6. The van der Waals surface area contributed by atoms with Gasteiger partial charge in [0.1, 0.15) is 23.7 Å². The molecule has 35 heavy (non-hydrogen) atoms. The Bertz CT molecular complexity index is 1390. The van der Waals surface area contributed by atoms with Crippen LogP contribution in [0.2, 0.25) is 0 Å². The smallest absolute Gasteiger partial charge is 0.250 e. The van der Waals surface area contributed by atoms with Crippen LogP contribution in [-0.2, 0) is 0 Å². The quantitative estimate of drug-likeness (QED) is 0.433. The van der Waals surface area contributed by atoms with Crippen LogP contribution < -0.4 is 10.1 Å². The lowest BCUT2D eigenvalue weighted by atomic mass is 9.93. The van der Waals surface area contributed by atoms with Gasteiger partial charge >= 0.3 is 0 Å². The van der Waals surface area contributed by atoms with E-state index in [9.17, 15) is 4.39 Å². The molecule has 178 valence electrons. The lowest BCUT2D eigenvalue weighted by Gasteiger charge is -2.29. The molecule has 4 aromatic heterocycles. The molecule has 0 aromatic carbocycles. The molecule has 1 saturated carbocycles. The van der Waals surface area contributed by atoms with E-state index in [0.29, 0.717) is 5.56 Å². The minimum Gasteiger partial charge on any atom is -0.472 e. The van der Waals surface area contributed by atoms with Gasteiger partial charge in [-0.05, 0) is 51.2 Å². The Hall–Kier alpha value is -4.13. The number of ether oxygens (including phenoxy) is 1. The second-order valence-corrected chi connectivity index (χ2v) is 8.61. The van der Waals surface area contributed by atoms with Crippen molar-refractivity contribution in [3.63, 3.8) is 0 Å². The molecule has 0 unspecified atom stereocenters. The Morgan fingerprint density at radius 3 is 2.63 bits per heavy atom. The first-order valence-electron chi connectivity index (χ1n) is 11.7. The highest BCUT2D eigenvalue weighted by atomic mass is 19.1. The van der Waals surface area contributed by atoms with Gasteiger partial charge in [0.25, 0.3) is 5.88 Å². The fourth-order valence-electron chi connectivity index (χ4n) is 4.47. The second-order valence-electron chi connectivity index (χ2n) is 8.61. The monoisotopic (exact) mass is 472 g/mol. The SMILES string of the molecule is CCNc1cc2c(cn1)c(-c1cnc(C#N)nc1)nn2C1CCC(Oc2nccc(C)c2F)CC1. The molecule has 1 N–H and O–H groups in total. The van der Waals surface area contributed by atoms with E-state index in [2.05, 4.69) is 25.3 Å². The Balaban J connectivity index is 1.42. The predicted molar refractivity (Wildman–Crippen MR) is 128 cm³/mol. The van der Waals surface area contributed by atoms with Crippen molar-refractivity contribution >= 4 is 16.7 Å². The molecule has 4 heterocycles. The van der Waals surface area contributed by atoms with Crippen molar-refractivity contribution in [2.75, 3.05) is 11.9 Å². The number of anilines is 1. The third-order valence-corrected chi connectivity index (χ3v) is 6.29.